The Morgan fingerprint density at radius 2 is 1.60 bits per heavy atom. The van der Waals surface area contributed by atoms with Crippen LogP contribution in [-0.2, 0) is 38.1 Å². The topological polar surface area (TPSA) is 156 Å². The molecule has 2 amide bonds. The normalized spacial score (nSPS) is 21.1. The highest BCUT2D eigenvalue weighted by Crippen LogP contribution is 2.46. The summed E-state index contributed by atoms with van der Waals surface area (Å²) < 4.78 is 29.2. The average molecular weight is 707 g/mol. The maximum absolute atomic E-state index is 13.6. The van der Waals surface area contributed by atoms with Crippen LogP contribution in [0.1, 0.15) is 50.0 Å². The molecule has 6 atom stereocenters. The van der Waals surface area contributed by atoms with Crippen LogP contribution in [0.25, 0.3) is 0 Å². The van der Waals surface area contributed by atoms with Gasteiger partial charge in [0.15, 0.2) is 0 Å². The standard InChI is InChI=1S/C37H42N2O10S/c1-22-15-17-30(18-16-22)50-37(36(44)45-6)20-31(46-25(4)41)33(39-24(3)40)34(49-37)23(2)32(47-26(5)42)21-38-35(43)27-11-10-14-29(19-27)48-28-12-8-7-9-13-28/h7-19,23,31-34H,20-21H2,1-6H3,(H,38,43)(H,39,40)/t23-,31+,32-,33-,34+,37-/m1/s1. The highest BCUT2D eigenvalue weighted by atomic mass is 32.2. The molecule has 4 rings (SSSR count). The Hall–Kier alpha value is -4.88. The number of hydrogen-bond donors (Lipinski definition) is 2. The first kappa shape index (κ1) is 37.9. The van der Waals surface area contributed by atoms with Crippen molar-refractivity contribution in [3.8, 4) is 11.5 Å². The van der Waals surface area contributed by atoms with Crippen LogP contribution >= 0.6 is 11.8 Å². The van der Waals surface area contributed by atoms with Gasteiger partial charge in [-0.2, -0.15) is 0 Å². The summed E-state index contributed by atoms with van der Waals surface area (Å²) in [5, 5.41) is 5.63. The summed E-state index contributed by atoms with van der Waals surface area (Å²) in [5.41, 5.74) is 1.30. The number of amides is 2. The minimum Gasteiger partial charge on any atom is -0.466 e. The summed E-state index contributed by atoms with van der Waals surface area (Å²) in [6.07, 6.45) is -3.31. The molecule has 1 heterocycles. The third kappa shape index (κ3) is 10.1. The van der Waals surface area contributed by atoms with Gasteiger partial charge in [-0.05, 0) is 49.4 Å². The first-order chi connectivity index (χ1) is 23.8. The quantitative estimate of drug-likeness (QED) is 0.183. The van der Waals surface area contributed by atoms with Gasteiger partial charge in [-0.1, -0.05) is 60.6 Å². The Bertz CT molecular complexity index is 1670. The molecule has 0 bridgehead atoms. The van der Waals surface area contributed by atoms with Gasteiger partial charge in [-0.25, -0.2) is 4.79 Å². The number of rotatable bonds is 13. The largest absolute Gasteiger partial charge is 0.466 e. The van der Waals surface area contributed by atoms with Crippen molar-refractivity contribution >= 4 is 41.5 Å². The van der Waals surface area contributed by atoms with Gasteiger partial charge in [0.2, 0.25) is 10.8 Å². The molecule has 1 aliphatic rings. The third-order valence-electron chi connectivity index (χ3n) is 8.00. The molecule has 3 aromatic rings. The average Bonchev–Trinajstić information content (AvgIpc) is 3.08. The number of thioether (sulfide) groups is 1. The van der Waals surface area contributed by atoms with Crippen molar-refractivity contribution in [1.82, 2.24) is 10.6 Å². The summed E-state index contributed by atoms with van der Waals surface area (Å²) in [7, 11) is 1.22. The van der Waals surface area contributed by atoms with Crippen LogP contribution in [0.4, 0.5) is 0 Å². The summed E-state index contributed by atoms with van der Waals surface area (Å²) >= 11 is 1.08. The molecule has 1 saturated heterocycles. The highest BCUT2D eigenvalue weighted by Gasteiger charge is 2.57. The second kappa shape index (κ2) is 17.2. The van der Waals surface area contributed by atoms with Crippen LogP contribution in [0.15, 0.2) is 83.8 Å². The Kier molecular flexibility index (Phi) is 13.0. The molecule has 266 valence electrons. The number of nitrogens with one attached hydrogen (secondary N) is 2. The lowest BCUT2D eigenvalue weighted by Gasteiger charge is -2.48. The predicted molar refractivity (Wildman–Crippen MR) is 184 cm³/mol. The van der Waals surface area contributed by atoms with Crippen LogP contribution < -0.4 is 15.4 Å². The van der Waals surface area contributed by atoms with Gasteiger partial charge >= 0.3 is 17.9 Å². The first-order valence-electron chi connectivity index (χ1n) is 16.0. The number of carbonyl (C=O) groups excluding carboxylic acids is 5. The van der Waals surface area contributed by atoms with Gasteiger partial charge in [0.1, 0.15) is 23.7 Å². The summed E-state index contributed by atoms with van der Waals surface area (Å²) in [6.45, 7) is 7.22. The van der Waals surface area contributed by atoms with Crippen LogP contribution in [0.2, 0.25) is 0 Å². The molecule has 0 spiro atoms. The van der Waals surface area contributed by atoms with Gasteiger partial charge in [0.25, 0.3) is 5.91 Å². The number of hydrogen-bond acceptors (Lipinski definition) is 11. The van der Waals surface area contributed by atoms with E-state index in [2.05, 4.69) is 10.6 Å². The van der Waals surface area contributed by atoms with Crippen LogP contribution in [0.5, 0.6) is 11.5 Å². The molecule has 50 heavy (non-hydrogen) atoms. The molecule has 0 aliphatic carbocycles. The van der Waals surface area contributed by atoms with Crippen molar-refractivity contribution in [2.45, 2.75) is 75.2 Å². The summed E-state index contributed by atoms with van der Waals surface area (Å²) in [5.74, 6) is -2.66. The second-order valence-corrected chi connectivity index (χ2v) is 13.3. The minimum absolute atomic E-state index is 0.162. The number of benzene rings is 3. The van der Waals surface area contributed by atoms with Crippen molar-refractivity contribution in [1.29, 1.82) is 0 Å². The maximum atomic E-state index is 13.6. The van der Waals surface area contributed by atoms with Crippen molar-refractivity contribution < 1.29 is 47.7 Å². The zero-order chi connectivity index (χ0) is 36.4. The molecule has 0 unspecified atom stereocenters. The zero-order valence-electron chi connectivity index (χ0n) is 28.8. The van der Waals surface area contributed by atoms with Crippen molar-refractivity contribution in [3.05, 3.63) is 90.0 Å². The number of carbonyl (C=O) groups is 5. The molecule has 0 aromatic heterocycles. The Balaban J connectivity index is 1.65. The fraction of sp³-hybridized carbons (Fsp3) is 0.378. The van der Waals surface area contributed by atoms with E-state index in [-0.39, 0.29) is 13.0 Å². The lowest BCUT2D eigenvalue weighted by Crippen LogP contribution is -2.65. The Labute approximate surface area is 295 Å². The van der Waals surface area contributed by atoms with Crippen molar-refractivity contribution in [2.75, 3.05) is 13.7 Å². The van der Waals surface area contributed by atoms with E-state index in [1.807, 2.05) is 49.4 Å². The van der Waals surface area contributed by atoms with Crippen LogP contribution in [0, 0.1) is 12.8 Å². The van der Waals surface area contributed by atoms with Crippen LogP contribution in [-0.4, -0.2) is 72.7 Å². The first-order valence-corrected chi connectivity index (χ1v) is 16.9. The van der Waals surface area contributed by atoms with Gasteiger partial charge < -0.3 is 34.3 Å². The van der Waals surface area contributed by atoms with Crippen LogP contribution in [0.3, 0.4) is 0 Å². The Morgan fingerprint density at radius 3 is 2.22 bits per heavy atom. The second-order valence-electron chi connectivity index (χ2n) is 12.0. The van der Waals surface area contributed by atoms with E-state index < -0.39 is 64.9 Å². The molecule has 1 aliphatic heterocycles. The lowest BCUT2D eigenvalue weighted by atomic mass is 9.84. The molecular formula is C37H42N2O10S. The van der Waals surface area contributed by atoms with Gasteiger partial charge in [-0.15, -0.1) is 0 Å². The predicted octanol–water partition coefficient (Wildman–Crippen LogP) is 4.97. The van der Waals surface area contributed by atoms with Gasteiger partial charge in [0.05, 0.1) is 25.8 Å². The van der Waals surface area contributed by atoms with Gasteiger partial charge in [-0.3, -0.25) is 19.2 Å². The van der Waals surface area contributed by atoms with E-state index in [0.717, 1.165) is 17.3 Å². The van der Waals surface area contributed by atoms with E-state index in [1.165, 1.54) is 27.9 Å². The molecule has 2 N–H and O–H groups in total. The highest BCUT2D eigenvalue weighted by molar-refractivity contribution is 8.01. The zero-order valence-corrected chi connectivity index (χ0v) is 29.6. The number of methoxy groups -OCH3 is 1. The van der Waals surface area contributed by atoms with E-state index in [4.69, 9.17) is 23.7 Å². The van der Waals surface area contributed by atoms with E-state index >= 15 is 0 Å². The molecule has 12 nitrogen and oxygen atoms in total. The SMILES string of the molecule is COC(=O)[C@]1(Sc2ccc(C)cc2)C[C@H](OC(C)=O)[C@@H](NC(C)=O)[C@H]([C@H](C)[C@@H](CNC(=O)c2cccc(Oc3ccccc3)c2)OC(C)=O)O1. The number of ether oxygens (including phenoxy) is 5. The number of esters is 3. The fourth-order valence-electron chi connectivity index (χ4n) is 5.69. The molecule has 3 aromatic carbocycles. The fourth-order valence-corrected chi connectivity index (χ4v) is 6.91. The smallest absolute Gasteiger partial charge is 0.349 e. The molecule has 0 radical (unpaired) electrons. The summed E-state index contributed by atoms with van der Waals surface area (Å²) in [6, 6.07) is 22.1. The molecular weight excluding hydrogens is 664 g/mol. The number of para-hydroxylation sites is 1. The molecule has 1 fully saturated rings. The maximum Gasteiger partial charge on any atom is 0.349 e. The third-order valence-corrected chi connectivity index (χ3v) is 9.27. The monoisotopic (exact) mass is 706 g/mol. The lowest BCUT2D eigenvalue weighted by molar-refractivity contribution is -0.203. The number of aryl methyl sites for hydroxylation is 1. The Morgan fingerprint density at radius 1 is 0.920 bits per heavy atom. The molecule has 13 heteroatoms. The summed E-state index contributed by atoms with van der Waals surface area (Å²) in [4.78, 5) is 63.1. The van der Waals surface area contributed by atoms with Crippen molar-refractivity contribution in [2.24, 2.45) is 5.92 Å². The van der Waals surface area contributed by atoms with E-state index in [0.29, 0.717) is 22.0 Å². The van der Waals surface area contributed by atoms with E-state index in [9.17, 15) is 24.0 Å². The minimum atomic E-state index is -1.73. The molecule has 0 saturated carbocycles. The van der Waals surface area contributed by atoms with Gasteiger partial charge in [0, 0.05) is 43.6 Å². The van der Waals surface area contributed by atoms with E-state index in [1.54, 1.807) is 43.3 Å². The van der Waals surface area contributed by atoms with Crippen molar-refractivity contribution in [3.63, 3.8) is 0 Å².